The van der Waals surface area contributed by atoms with Crippen LogP contribution in [0.4, 0.5) is 4.39 Å². The Bertz CT molecular complexity index is 481. The van der Waals surface area contributed by atoms with Gasteiger partial charge >= 0.3 is 0 Å². The lowest BCUT2D eigenvalue weighted by Gasteiger charge is -2.12. The molecule has 0 spiro atoms. The van der Waals surface area contributed by atoms with Gasteiger partial charge in [-0.3, -0.25) is 4.68 Å². The summed E-state index contributed by atoms with van der Waals surface area (Å²) in [6, 6.07) is 6.44. The number of thioether (sulfide) groups is 1. The molecule has 2 N–H and O–H groups in total. The van der Waals surface area contributed by atoms with E-state index >= 15 is 0 Å². The summed E-state index contributed by atoms with van der Waals surface area (Å²) in [6.07, 6.45) is 3.77. The van der Waals surface area contributed by atoms with Gasteiger partial charge in [0.15, 0.2) is 0 Å². The second-order valence-electron chi connectivity index (χ2n) is 3.74. The fourth-order valence-corrected chi connectivity index (χ4v) is 2.51. The van der Waals surface area contributed by atoms with E-state index in [1.807, 2.05) is 19.4 Å². The van der Waals surface area contributed by atoms with E-state index in [-0.39, 0.29) is 11.1 Å². The Kier molecular flexibility index (Phi) is 3.81. The number of nitrogens with zero attached hydrogens (tertiary/aromatic N) is 2. The van der Waals surface area contributed by atoms with Gasteiger partial charge in [0, 0.05) is 35.5 Å². The summed E-state index contributed by atoms with van der Waals surface area (Å²) in [6.45, 7) is 0.522. The second-order valence-corrected chi connectivity index (χ2v) is 5.02. The first-order valence-electron chi connectivity index (χ1n) is 5.30. The fraction of sp³-hybridized carbons (Fsp3) is 0.250. The molecule has 0 saturated carbocycles. The lowest BCUT2D eigenvalue weighted by molar-refractivity contribution is 0.626. The molecule has 17 heavy (non-hydrogen) atoms. The minimum absolute atomic E-state index is 0.147. The molecule has 0 saturated heterocycles. The molecule has 0 bridgehead atoms. The predicted molar refractivity (Wildman–Crippen MR) is 67.3 cm³/mol. The number of benzene rings is 1. The zero-order valence-electron chi connectivity index (χ0n) is 9.51. The number of aryl methyl sites for hydroxylation is 1. The highest BCUT2D eigenvalue weighted by atomic mass is 32.2. The van der Waals surface area contributed by atoms with Crippen LogP contribution in [-0.4, -0.2) is 16.3 Å². The molecule has 1 unspecified atom stereocenters. The quantitative estimate of drug-likeness (QED) is 0.848. The van der Waals surface area contributed by atoms with Gasteiger partial charge in [0.2, 0.25) is 0 Å². The Morgan fingerprint density at radius 2 is 2.12 bits per heavy atom. The first-order valence-corrected chi connectivity index (χ1v) is 6.18. The van der Waals surface area contributed by atoms with Crippen molar-refractivity contribution in [3.63, 3.8) is 0 Å². The number of nitrogens with two attached hydrogens (primary N) is 1. The van der Waals surface area contributed by atoms with Crippen LogP contribution < -0.4 is 5.73 Å². The Labute approximate surface area is 104 Å². The van der Waals surface area contributed by atoms with Crippen LogP contribution >= 0.6 is 11.8 Å². The molecule has 90 valence electrons. The van der Waals surface area contributed by atoms with Crippen molar-refractivity contribution in [3.05, 3.63) is 48.0 Å². The molecule has 0 aliphatic carbocycles. The van der Waals surface area contributed by atoms with E-state index in [1.165, 1.54) is 12.1 Å². The molecule has 1 heterocycles. The van der Waals surface area contributed by atoms with Crippen LogP contribution in [0.1, 0.15) is 10.8 Å². The summed E-state index contributed by atoms with van der Waals surface area (Å²) >= 11 is 1.62. The third-order valence-corrected chi connectivity index (χ3v) is 3.70. The Morgan fingerprint density at radius 3 is 2.65 bits per heavy atom. The molecule has 0 radical (unpaired) electrons. The van der Waals surface area contributed by atoms with Crippen LogP contribution in [0.3, 0.4) is 0 Å². The smallest absolute Gasteiger partial charge is 0.123 e. The number of aromatic nitrogens is 2. The fourth-order valence-electron chi connectivity index (χ4n) is 1.54. The molecular weight excluding hydrogens is 237 g/mol. The van der Waals surface area contributed by atoms with Gasteiger partial charge in [-0.1, -0.05) is 0 Å². The van der Waals surface area contributed by atoms with Crippen LogP contribution in [0.2, 0.25) is 0 Å². The normalized spacial score (nSPS) is 12.6. The zero-order chi connectivity index (χ0) is 12.3. The highest BCUT2D eigenvalue weighted by molar-refractivity contribution is 7.99. The van der Waals surface area contributed by atoms with Crippen molar-refractivity contribution in [1.29, 1.82) is 0 Å². The molecule has 2 rings (SSSR count). The van der Waals surface area contributed by atoms with E-state index < -0.39 is 0 Å². The van der Waals surface area contributed by atoms with Crippen LogP contribution in [-0.2, 0) is 7.05 Å². The van der Waals surface area contributed by atoms with E-state index in [0.717, 1.165) is 10.5 Å². The maximum absolute atomic E-state index is 12.8. The van der Waals surface area contributed by atoms with Crippen LogP contribution in [0.25, 0.3) is 0 Å². The molecule has 3 nitrogen and oxygen atoms in total. The van der Waals surface area contributed by atoms with Crippen molar-refractivity contribution in [3.8, 4) is 0 Å². The Hall–Kier alpha value is -1.33. The lowest BCUT2D eigenvalue weighted by atomic mass is 10.2. The molecule has 5 heteroatoms. The van der Waals surface area contributed by atoms with Crippen molar-refractivity contribution in [2.45, 2.75) is 10.1 Å². The standard InChI is InChI=1S/C12H14FN3S/c1-16-8-9(7-15-16)12(6-14)17-11-4-2-10(13)3-5-11/h2-5,7-8,12H,6,14H2,1H3. The highest BCUT2D eigenvalue weighted by Crippen LogP contribution is 2.34. The average Bonchev–Trinajstić information content (AvgIpc) is 2.75. The van der Waals surface area contributed by atoms with Crippen molar-refractivity contribution in [2.24, 2.45) is 12.8 Å². The minimum atomic E-state index is -0.222. The van der Waals surface area contributed by atoms with Gasteiger partial charge in [0.1, 0.15) is 5.82 Å². The SMILES string of the molecule is Cn1cc(C(CN)Sc2ccc(F)cc2)cn1. The van der Waals surface area contributed by atoms with E-state index in [0.29, 0.717) is 6.54 Å². The van der Waals surface area contributed by atoms with Gasteiger partial charge in [0.05, 0.1) is 6.20 Å². The monoisotopic (exact) mass is 251 g/mol. The average molecular weight is 251 g/mol. The number of halogens is 1. The Balaban J connectivity index is 2.12. The Morgan fingerprint density at radius 1 is 1.41 bits per heavy atom. The van der Waals surface area contributed by atoms with E-state index in [1.54, 1.807) is 28.6 Å². The van der Waals surface area contributed by atoms with Gasteiger partial charge in [0.25, 0.3) is 0 Å². The van der Waals surface area contributed by atoms with Gasteiger partial charge in [-0.25, -0.2) is 4.39 Å². The minimum Gasteiger partial charge on any atom is -0.329 e. The van der Waals surface area contributed by atoms with E-state index in [4.69, 9.17) is 5.73 Å². The molecule has 0 aliphatic heterocycles. The number of hydrogen-bond acceptors (Lipinski definition) is 3. The van der Waals surface area contributed by atoms with Gasteiger partial charge in [-0.2, -0.15) is 5.10 Å². The van der Waals surface area contributed by atoms with Crippen LogP contribution in [0.15, 0.2) is 41.6 Å². The molecule has 1 aromatic carbocycles. The van der Waals surface area contributed by atoms with E-state index in [2.05, 4.69) is 5.10 Å². The van der Waals surface area contributed by atoms with Gasteiger partial charge in [-0.05, 0) is 24.3 Å². The van der Waals surface area contributed by atoms with Crippen molar-refractivity contribution >= 4 is 11.8 Å². The number of hydrogen-bond donors (Lipinski definition) is 1. The summed E-state index contributed by atoms with van der Waals surface area (Å²) in [5, 5.41) is 4.28. The maximum atomic E-state index is 12.8. The second kappa shape index (κ2) is 5.33. The third-order valence-electron chi connectivity index (χ3n) is 2.40. The topological polar surface area (TPSA) is 43.8 Å². The van der Waals surface area contributed by atoms with Crippen molar-refractivity contribution < 1.29 is 4.39 Å². The molecule has 1 atom stereocenters. The maximum Gasteiger partial charge on any atom is 0.123 e. The molecule has 0 fully saturated rings. The summed E-state index contributed by atoms with van der Waals surface area (Å²) in [7, 11) is 1.87. The molecular formula is C12H14FN3S. The highest BCUT2D eigenvalue weighted by Gasteiger charge is 2.13. The largest absolute Gasteiger partial charge is 0.329 e. The lowest BCUT2D eigenvalue weighted by Crippen LogP contribution is -2.08. The molecule has 0 amide bonds. The summed E-state index contributed by atoms with van der Waals surface area (Å²) < 4.78 is 14.5. The summed E-state index contributed by atoms with van der Waals surface area (Å²) in [4.78, 5) is 1.01. The molecule has 2 aromatic rings. The van der Waals surface area contributed by atoms with Crippen LogP contribution in [0.5, 0.6) is 0 Å². The first-order chi connectivity index (χ1) is 8.19. The third kappa shape index (κ3) is 3.08. The van der Waals surface area contributed by atoms with E-state index in [9.17, 15) is 4.39 Å². The van der Waals surface area contributed by atoms with Crippen LogP contribution in [0, 0.1) is 5.82 Å². The summed E-state index contributed by atoms with van der Waals surface area (Å²) in [5.74, 6) is -0.222. The summed E-state index contributed by atoms with van der Waals surface area (Å²) in [5.41, 5.74) is 6.85. The molecule has 0 aliphatic rings. The first kappa shape index (κ1) is 12.1. The van der Waals surface area contributed by atoms with Crippen molar-refractivity contribution in [2.75, 3.05) is 6.54 Å². The molecule has 1 aromatic heterocycles. The van der Waals surface area contributed by atoms with Gasteiger partial charge in [-0.15, -0.1) is 11.8 Å². The predicted octanol–water partition coefficient (Wildman–Crippen LogP) is 2.35. The zero-order valence-corrected chi connectivity index (χ0v) is 10.3. The van der Waals surface area contributed by atoms with Gasteiger partial charge < -0.3 is 5.73 Å². The number of rotatable bonds is 4. The van der Waals surface area contributed by atoms with Crippen molar-refractivity contribution in [1.82, 2.24) is 9.78 Å².